The molecule has 0 aliphatic heterocycles. The third-order valence-corrected chi connectivity index (χ3v) is 8.74. The van der Waals surface area contributed by atoms with Gasteiger partial charge in [-0.05, 0) is 43.3 Å². The molecule has 0 unspecified atom stereocenters. The minimum Gasteiger partial charge on any atom is -1.00 e. The molecule has 0 aliphatic carbocycles. The van der Waals surface area contributed by atoms with Crippen LogP contribution in [0.3, 0.4) is 0 Å². The molecule has 1 atom stereocenters. The second-order valence-corrected chi connectivity index (χ2v) is 9.38. The number of rotatable bonds is 5. The largest absolute Gasteiger partial charge is 1.00 e. The molecule has 0 spiro atoms. The summed E-state index contributed by atoms with van der Waals surface area (Å²) < 4.78 is 0. The van der Waals surface area contributed by atoms with E-state index >= 15 is 0 Å². The van der Waals surface area contributed by atoms with Gasteiger partial charge in [0.15, 0.2) is 0 Å². The maximum absolute atomic E-state index is 10.3. The molecule has 1 N–H and O–H groups in total. The fourth-order valence-electron chi connectivity index (χ4n) is 3.21. The predicted octanol–water partition coefficient (Wildman–Crippen LogP) is 0.365. The third kappa shape index (κ3) is 3.88. The van der Waals surface area contributed by atoms with Crippen molar-refractivity contribution in [3.63, 3.8) is 0 Å². The highest BCUT2D eigenvalue weighted by Crippen LogP contribution is 2.55. The zero-order valence-corrected chi connectivity index (χ0v) is 16.8. The van der Waals surface area contributed by atoms with Gasteiger partial charge in [0.05, 0.1) is 12.3 Å². The smallest absolute Gasteiger partial charge is 0.114 e. The first-order valence-corrected chi connectivity index (χ1v) is 9.94. The number of benzene rings is 3. The van der Waals surface area contributed by atoms with Gasteiger partial charge in [-0.3, -0.25) is 0 Å². The molecule has 0 amide bonds. The van der Waals surface area contributed by atoms with E-state index < -0.39 is 7.26 Å². The Labute approximate surface area is 162 Å². The van der Waals surface area contributed by atoms with Crippen molar-refractivity contribution in [1.29, 1.82) is 0 Å². The van der Waals surface area contributed by atoms with Gasteiger partial charge in [0.25, 0.3) is 0 Å². The maximum Gasteiger partial charge on any atom is 0.114 e. The molecule has 3 aromatic rings. The van der Waals surface area contributed by atoms with E-state index in [1.165, 1.54) is 15.9 Å². The Kier molecular flexibility index (Phi) is 6.97. The average Bonchev–Trinajstić information content (AvgIpc) is 2.62. The zero-order valence-electron chi connectivity index (χ0n) is 13.7. The van der Waals surface area contributed by atoms with Crippen molar-refractivity contribution in [2.45, 2.75) is 13.0 Å². The fourth-order valence-corrected chi connectivity index (χ4v) is 7.57. The summed E-state index contributed by atoms with van der Waals surface area (Å²) in [7, 11) is -1.86. The first-order valence-electron chi connectivity index (χ1n) is 7.96. The van der Waals surface area contributed by atoms with Crippen LogP contribution >= 0.6 is 7.26 Å². The summed E-state index contributed by atoms with van der Waals surface area (Å²) in [6.45, 7) is 1.89. The molecule has 0 bridgehead atoms. The molecule has 3 heteroatoms. The molecule has 1 nitrogen and oxygen atoms in total. The summed E-state index contributed by atoms with van der Waals surface area (Å²) in [6.07, 6.45) is 0.398. The molecule has 0 aliphatic rings. The van der Waals surface area contributed by atoms with Gasteiger partial charge in [-0.25, -0.2) is 0 Å². The van der Waals surface area contributed by atoms with E-state index in [2.05, 4.69) is 91.0 Å². The van der Waals surface area contributed by atoms with Crippen LogP contribution in [-0.4, -0.2) is 17.4 Å². The molecule has 3 rings (SSSR count). The summed E-state index contributed by atoms with van der Waals surface area (Å²) in [5, 5.41) is 14.3. The van der Waals surface area contributed by atoms with Crippen LogP contribution in [0.2, 0.25) is 0 Å². The van der Waals surface area contributed by atoms with Crippen molar-refractivity contribution in [2.75, 3.05) is 6.16 Å². The van der Waals surface area contributed by atoms with Crippen LogP contribution in [0.1, 0.15) is 6.92 Å². The fraction of sp³-hybridized carbons (Fsp3) is 0.143. The number of aliphatic hydroxyl groups is 1. The van der Waals surface area contributed by atoms with Crippen LogP contribution in [0, 0.1) is 0 Å². The SMILES string of the molecule is C[C@@H](O)C[P+](c1ccccc1)(c1ccccc1)c1ccccc1.[I-]. The van der Waals surface area contributed by atoms with E-state index in [1.54, 1.807) is 0 Å². The van der Waals surface area contributed by atoms with Crippen molar-refractivity contribution < 1.29 is 29.1 Å². The molecule has 0 saturated heterocycles. The van der Waals surface area contributed by atoms with Gasteiger partial charge in [-0.1, -0.05) is 54.6 Å². The lowest BCUT2D eigenvalue weighted by Gasteiger charge is -2.28. The van der Waals surface area contributed by atoms with Crippen LogP contribution < -0.4 is 39.9 Å². The third-order valence-electron chi connectivity index (χ3n) is 4.13. The van der Waals surface area contributed by atoms with Crippen molar-refractivity contribution in [1.82, 2.24) is 0 Å². The number of halogens is 1. The van der Waals surface area contributed by atoms with Gasteiger partial charge < -0.3 is 29.1 Å². The Morgan fingerprint density at radius 2 is 0.958 bits per heavy atom. The van der Waals surface area contributed by atoms with E-state index in [1.807, 2.05) is 6.92 Å². The van der Waals surface area contributed by atoms with Crippen molar-refractivity contribution in [3.05, 3.63) is 91.0 Å². The van der Waals surface area contributed by atoms with Crippen molar-refractivity contribution in [2.24, 2.45) is 0 Å². The highest BCUT2D eigenvalue weighted by atomic mass is 127. The van der Waals surface area contributed by atoms with E-state index in [0.29, 0.717) is 0 Å². The molecule has 124 valence electrons. The van der Waals surface area contributed by atoms with Crippen molar-refractivity contribution in [3.8, 4) is 0 Å². The minimum atomic E-state index is -1.86. The Hall–Kier alpha value is -1.22. The molecule has 3 aromatic carbocycles. The van der Waals surface area contributed by atoms with Gasteiger partial charge in [0.2, 0.25) is 0 Å². The highest BCUT2D eigenvalue weighted by Gasteiger charge is 2.45. The predicted molar refractivity (Wildman–Crippen MR) is 102 cm³/mol. The van der Waals surface area contributed by atoms with Crippen LogP contribution in [0.25, 0.3) is 0 Å². The van der Waals surface area contributed by atoms with Gasteiger partial charge in [-0.2, -0.15) is 0 Å². The van der Waals surface area contributed by atoms with Crippen molar-refractivity contribution >= 4 is 23.2 Å². The summed E-state index contributed by atoms with van der Waals surface area (Å²) in [4.78, 5) is 0. The monoisotopic (exact) mass is 448 g/mol. The average molecular weight is 448 g/mol. The second-order valence-electron chi connectivity index (χ2n) is 5.85. The summed E-state index contributed by atoms with van der Waals surface area (Å²) >= 11 is 0. The Bertz CT molecular complexity index is 633. The first-order chi connectivity index (χ1) is 11.2. The molecule has 0 fully saturated rings. The van der Waals surface area contributed by atoms with Crippen LogP contribution in [0.4, 0.5) is 0 Å². The van der Waals surface area contributed by atoms with Crippen LogP contribution in [-0.2, 0) is 0 Å². The van der Waals surface area contributed by atoms with Gasteiger partial charge in [0, 0.05) is 0 Å². The van der Waals surface area contributed by atoms with E-state index in [-0.39, 0.29) is 30.1 Å². The lowest BCUT2D eigenvalue weighted by atomic mass is 10.3. The second kappa shape index (κ2) is 8.75. The van der Waals surface area contributed by atoms with Gasteiger partial charge >= 0.3 is 0 Å². The Balaban J connectivity index is 0.00000208. The molecule has 0 aromatic heterocycles. The molecule has 0 heterocycles. The lowest BCUT2D eigenvalue weighted by Crippen LogP contribution is -3.00. The van der Waals surface area contributed by atoms with E-state index in [0.717, 1.165) is 6.16 Å². The minimum absolute atomic E-state index is 0. The molecule has 0 radical (unpaired) electrons. The van der Waals surface area contributed by atoms with Gasteiger partial charge in [-0.15, -0.1) is 0 Å². The summed E-state index contributed by atoms with van der Waals surface area (Å²) in [5.41, 5.74) is 0. The van der Waals surface area contributed by atoms with E-state index in [4.69, 9.17) is 0 Å². The first kappa shape index (κ1) is 19.1. The molecular weight excluding hydrogens is 426 g/mol. The van der Waals surface area contributed by atoms with Crippen LogP contribution in [0.5, 0.6) is 0 Å². The normalized spacial score (nSPS) is 12.2. The quantitative estimate of drug-likeness (QED) is 0.442. The molecular formula is C21H22IOP. The molecule has 0 saturated carbocycles. The number of hydrogen-bond acceptors (Lipinski definition) is 1. The summed E-state index contributed by atoms with van der Waals surface area (Å²) in [5.74, 6) is 0. The maximum atomic E-state index is 10.3. The topological polar surface area (TPSA) is 20.2 Å². The van der Waals surface area contributed by atoms with Gasteiger partial charge in [0.1, 0.15) is 23.2 Å². The summed E-state index contributed by atoms with van der Waals surface area (Å²) in [6, 6.07) is 32.0. The van der Waals surface area contributed by atoms with E-state index in [9.17, 15) is 5.11 Å². The molecule has 24 heavy (non-hydrogen) atoms. The number of hydrogen-bond donors (Lipinski definition) is 1. The Morgan fingerprint density at radius 1 is 0.667 bits per heavy atom. The highest BCUT2D eigenvalue weighted by molar-refractivity contribution is 7.95. The van der Waals surface area contributed by atoms with Crippen LogP contribution in [0.15, 0.2) is 91.0 Å². The standard InChI is InChI=1S/C21H22OP.HI/c1-18(22)17-23(19-11-5-2-6-12-19,20-13-7-3-8-14-20)21-15-9-4-10-16-21;/h2-16,18,22H,17H2,1H3;1H/q+1;/p-1/t18-;/m1./s1. The number of aliphatic hydroxyl groups excluding tert-OH is 1. The zero-order chi connectivity index (χ0) is 16.1. The lowest BCUT2D eigenvalue weighted by molar-refractivity contribution is -0.00000676. The Morgan fingerprint density at radius 3 is 1.21 bits per heavy atom.